The molecule has 0 aliphatic carbocycles. The van der Waals surface area contributed by atoms with Crippen LogP contribution >= 0.6 is 0 Å². The van der Waals surface area contributed by atoms with Gasteiger partial charge < -0.3 is 10.8 Å². The van der Waals surface area contributed by atoms with Crippen LogP contribution in [0.3, 0.4) is 0 Å². The van der Waals surface area contributed by atoms with Crippen LogP contribution in [0.15, 0.2) is 12.2 Å². The van der Waals surface area contributed by atoms with E-state index in [1.165, 1.54) is 0 Å². The zero-order valence-electron chi connectivity index (χ0n) is 8.00. The molecule has 2 heteroatoms. The molecule has 1 atom stereocenters. The van der Waals surface area contributed by atoms with Crippen molar-refractivity contribution in [3.8, 4) is 0 Å². The predicted molar refractivity (Wildman–Crippen MR) is 53.0 cm³/mol. The summed E-state index contributed by atoms with van der Waals surface area (Å²) >= 11 is 0. The molecular weight excluding hydrogens is 150 g/mol. The minimum absolute atomic E-state index is 0.292. The summed E-state index contributed by atoms with van der Waals surface area (Å²) in [4.78, 5) is 0. The average Bonchev–Trinajstić information content (AvgIpc) is 2.10. The molecule has 0 saturated carbocycles. The highest BCUT2D eigenvalue weighted by molar-refractivity contribution is 4.79. The van der Waals surface area contributed by atoms with Crippen LogP contribution in [0.5, 0.6) is 0 Å². The standard InChI is InChI=1S/C10H21NO/c1-2-3-4-5-6-7-8-10(12)9-11/h3-4,10,12H,2,5-9,11H2,1H3/b4-3+. The van der Waals surface area contributed by atoms with Gasteiger partial charge in [0.15, 0.2) is 0 Å². The first kappa shape index (κ1) is 11.7. The number of aliphatic hydroxyl groups is 1. The van der Waals surface area contributed by atoms with Gasteiger partial charge in [-0.2, -0.15) is 0 Å². The van der Waals surface area contributed by atoms with Gasteiger partial charge in [-0.25, -0.2) is 0 Å². The number of allylic oxidation sites excluding steroid dienone is 2. The highest BCUT2D eigenvalue weighted by Gasteiger charge is 1.98. The maximum Gasteiger partial charge on any atom is 0.0662 e. The molecule has 3 N–H and O–H groups in total. The predicted octanol–water partition coefficient (Wildman–Crippen LogP) is 1.83. The van der Waals surface area contributed by atoms with Gasteiger partial charge in [-0.3, -0.25) is 0 Å². The molecule has 0 aliphatic heterocycles. The Morgan fingerprint density at radius 3 is 2.67 bits per heavy atom. The van der Waals surface area contributed by atoms with Gasteiger partial charge in [0.05, 0.1) is 6.10 Å². The van der Waals surface area contributed by atoms with Gasteiger partial charge in [0, 0.05) is 6.54 Å². The third-order valence-electron chi connectivity index (χ3n) is 1.83. The lowest BCUT2D eigenvalue weighted by atomic mass is 10.1. The lowest BCUT2D eigenvalue weighted by Gasteiger charge is -2.05. The fourth-order valence-electron chi connectivity index (χ4n) is 1.04. The summed E-state index contributed by atoms with van der Waals surface area (Å²) in [6, 6.07) is 0. The molecule has 2 nitrogen and oxygen atoms in total. The summed E-state index contributed by atoms with van der Waals surface area (Å²) in [5.74, 6) is 0. The van der Waals surface area contributed by atoms with E-state index in [4.69, 9.17) is 10.8 Å². The molecule has 0 aromatic carbocycles. The second-order valence-corrected chi connectivity index (χ2v) is 3.05. The fraction of sp³-hybridized carbons (Fsp3) is 0.800. The molecule has 0 fully saturated rings. The maximum absolute atomic E-state index is 9.12. The van der Waals surface area contributed by atoms with Crippen molar-refractivity contribution >= 4 is 0 Å². The topological polar surface area (TPSA) is 46.2 Å². The Bertz CT molecular complexity index is 112. The normalized spacial score (nSPS) is 13.9. The van der Waals surface area contributed by atoms with Crippen molar-refractivity contribution in [2.45, 2.75) is 45.1 Å². The number of aliphatic hydroxyl groups excluding tert-OH is 1. The third-order valence-corrected chi connectivity index (χ3v) is 1.83. The van der Waals surface area contributed by atoms with Crippen LogP contribution in [-0.4, -0.2) is 17.8 Å². The van der Waals surface area contributed by atoms with E-state index in [-0.39, 0.29) is 6.10 Å². The first-order chi connectivity index (χ1) is 5.81. The monoisotopic (exact) mass is 171 g/mol. The van der Waals surface area contributed by atoms with Crippen LogP contribution < -0.4 is 5.73 Å². The number of unbranched alkanes of at least 4 members (excludes halogenated alkanes) is 2. The minimum Gasteiger partial charge on any atom is -0.392 e. The van der Waals surface area contributed by atoms with E-state index in [1.807, 2.05) is 0 Å². The van der Waals surface area contributed by atoms with Crippen molar-refractivity contribution in [1.29, 1.82) is 0 Å². The second-order valence-electron chi connectivity index (χ2n) is 3.05. The summed E-state index contributed by atoms with van der Waals surface area (Å²) in [6.07, 6.45) is 9.42. The van der Waals surface area contributed by atoms with Crippen LogP contribution in [0.4, 0.5) is 0 Å². The zero-order valence-corrected chi connectivity index (χ0v) is 8.00. The largest absolute Gasteiger partial charge is 0.392 e. The molecule has 0 aromatic heterocycles. The second kappa shape index (κ2) is 8.75. The van der Waals surface area contributed by atoms with Crippen molar-refractivity contribution in [1.82, 2.24) is 0 Å². The van der Waals surface area contributed by atoms with E-state index in [9.17, 15) is 0 Å². The summed E-state index contributed by atoms with van der Waals surface area (Å²) in [5.41, 5.74) is 5.27. The number of hydrogen-bond donors (Lipinski definition) is 2. The fourth-order valence-corrected chi connectivity index (χ4v) is 1.04. The first-order valence-corrected chi connectivity index (χ1v) is 4.84. The van der Waals surface area contributed by atoms with Gasteiger partial charge in [0.1, 0.15) is 0 Å². The van der Waals surface area contributed by atoms with Crippen LogP contribution in [-0.2, 0) is 0 Å². The maximum atomic E-state index is 9.12. The van der Waals surface area contributed by atoms with Crippen molar-refractivity contribution in [3.63, 3.8) is 0 Å². The van der Waals surface area contributed by atoms with Crippen LogP contribution in [0.25, 0.3) is 0 Å². The van der Waals surface area contributed by atoms with Gasteiger partial charge in [-0.05, 0) is 25.7 Å². The minimum atomic E-state index is -0.292. The van der Waals surface area contributed by atoms with Gasteiger partial charge in [0.2, 0.25) is 0 Å². The molecule has 0 spiro atoms. The quantitative estimate of drug-likeness (QED) is 0.453. The summed E-state index contributed by atoms with van der Waals surface area (Å²) in [6.45, 7) is 2.53. The Morgan fingerprint density at radius 1 is 1.33 bits per heavy atom. The van der Waals surface area contributed by atoms with Crippen LogP contribution in [0.2, 0.25) is 0 Å². The Hall–Kier alpha value is -0.340. The number of hydrogen-bond acceptors (Lipinski definition) is 2. The third kappa shape index (κ3) is 7.76. The van der Waals surface area contributed by atoms with Crippen LogP contribution in [0.1, 0.15) is 39.0 Å². The van der Waals surface area contributed by atoms with E-state index >= 15 is 0 Å². The summed E-state index contributed by atoms with van der Waals surface area (Å²) in [7, 11) is 0. The molecule has 0 aromatic rings. The lowest BCUT2D eigenvalue weighted by Crippen LogP contribution is -2.19. The highest BCUT2D eigenvalue weighted by Crippen LogP contribution is 2.03. The Kier molecular flexibility index (Phi) is 8.51. The average molecular weight is 171 g/mol. The van der Waals surface area contributed by atoms with Gasteiger partial charge in [-0.1, -0.05) is 25.5 Å². The van der Waals surface area contributed by atoms with E-state index < -0.39 is 0 Å². The first-order valence-electron chi connectivity index (χ1n) is 4.84. The van der Waals surface area contributed by atoms with Crippen LogP contribution in [0, 0.1) is 0 Å². The Balaban J connectivity index is 3.05. The zero-order chi connectivity index (χ0) is 9.23. The van der Waals surface area contributed by atoms with E-state index in [0.717, 1.165) is 32.1 Å². The van der Waals surface area contributed by atoms with Gasteiger partial charge in [-0.15, -0.1) is 0 Å². The highest BCUT2D eigenvalue weighted by atomic mass is 16.3. The molecule has 0 heterocycles. The molecule has 0 bridgehead atoms. The molecule has 0 rings (SSSR count). The molecule has 0 aliphatic rings. The summed E-state index contributed by atoms with van der Waals surface area (Å²) < 4.78 is 0. The Labute approximate surface area is 75.5 Å². The van der Waals surface area contributed by atoms with Crippen molar-refractivity contribution < 1.29 is 5.11 Å². The van der Waals surface area contributed by atoms with Crippen molar-refractivity contribution in [3.05, 3.63) is 12.2 Å². The molecule has 0 saturated heterocycles. The molecule has 0 amide bonds. The molecule has 72 valence electrons. The Morgan fingerprint density at radius 2 is 2.08 bits per heavy atom. The van der Waals surface area contributed by atoms with E-state index in [0.29, 0.717) is 6.54 Å². The van der Waals surface area contributed by atoms with Gasteiger partial charge >= 0.3 is 0 Å². The number of nitrogens with two attached hydrogens (primary N) is 1. The van der Waals surface area contributed by atoms with Gasteiger partial charge in [0.25, 0.3) is 0 Å². The molecule has 1 unspecified atom stereocenters. The summed E-state index contributed by atoms with van der Waals surface area (Å²) in [5, 5.41) is 9.12. The van der Waals surface area contributed by atoms with E-state index in [1.54, 1.807) is 0 Å². The van der Waals surface area contributed by atoms with Crippen molar-refractivity contribution in [2.75, 3.05) is 6.54 Å². The molecular formula is C10H21NO. The lowest BCUT2D eigenvalue weighted by molar-refractivity contribution is 0.169. The molecule has 0 radical (unpaired) electrons. The molecule has 12 heavy (non-hydrogen) atoms. The van der Waals surface area contributed by atoms with Crippen molar-refractivity contribution in [2.24, 2.45) is 5.73 Å². The van der Waals surface area contributed by atoms with E-state index in [2.05, 4.69) is 19.1 Å². The smallest absolute Gasteiger partial charge is 0.0662 e. The SMILES string of the molecule is CC/C=C/CCCCC(O)CN. The number of rotatable bonds is 7.